The maximum Gasteiger partial charge on any atom is 0.337 e. The molecule has 220 valence electrons. The molecular weight excluding hydrogens is 548 g/mol. The number of rotatable bonds is 6. The summed E-state index contributed by atoms with van der Waals surface area (Å²) in [7, 11) is 1.33. The molecule has 1 saturated heterocycles. The molecule has 1 unspecified atom stereocenters. The Balaban J connectivity index is 1.33. The lowest BCUT2D eigenvalue weighted by Gasteiger charge is -2.46. The smallest absolute Gasteiger partial charge is 0.337 e. The standard InChI is InChI=1S/C35H39ClN2O4/c1-35(2)22-38(18-17-30(35)24-13-15-28(36)16-14-24)33(40)29-11-7-8-12-31(29)37-32(39)26-19-25(23-9-5-4-6-10-23)20-27(21-26)34(41)42-3/h4-6,9-10,13-16,19-21,29-31H,7-8,11-12,17-18,22H2,1-3H3,(H,37,39)/t29-,30?,31+/m0/s1. The van der Waals surface area contributed by atoms with E-state index in [1.54, 1.807) is 18.2 Å². The molecule has 0 bridgehead atoms. The molecule has 42 heavy (non-hydrogen) atoms. The van der Waals surface area contributed by atoms with Gasteiger partial charge in [-0.15, -0.1) is 0 Å². The van der Waals surface area contributed by atoms with Gasteiger partial charge in [0.15, 0.2) is 0 Å². The number of piperidine rings is 1. The maximum atomic E-state index is 14.0. The number of hydrogen-bond donors (Lipinski definition) is 1. The van der Waals surface area contributed by atoms with Crippen LogP contribution in [0, 0.1) is 11.3 Å². The Hall–Kier alpha value is -3.64. The van der Waals surface area contributed by atoms with Crippen LogP contribution < -0.4 is 5.32 Å². The molecule has 5 rings (SSSR count). The summed E-state index contributed by atoms with van der Waals surface area (Å²) in [5, 5.41) is 3.90. The highest BCUT2D eigenvalue weighted by molar-refractivity contribution is 6.30. The van der Waals surface area contributed by atoms with Crippen LogP contribution in [0.4, 0.5) is 0 Å². The Morgan fingerprint density at radius 2 is 1.57 bits per heavy atom. The number of hydrogen-bond acceptors (Lipinski definition) is 4. The zero-order valence-electron chi connectivity index (χ0n) is 24.6. The molecule has 0 aromatic heterocycles. The number of carbonyl (C=O) groups excluding carboxylic acids is 3. The Morgan fingerprint density at radius 3 is 2.26 bits per heavy atom. The van der Waals surface area contributed by atoms with Crippen LogP contribution in [0.2, 0.25) is 5.02 Å². The summed E-state index contributed by atoms with van der Waals surface area (Å²) in [6.07, 6.45) is 4.29. The van der Waals surface area contributed by atoms with Crippen LogP contribution in [0.25, 0.3) is 11.1 Å². The third-order valence-corrected chi connectivity index (χ3v) is 9.19. The second-order valence-electron chi connectivity index (χ2n) is 12.3. The Bertz CT molecular complexity index is 1440. The van der Waals surface area contributed by atoms with Gasteiger partial charge in [-0.2, -0.15) is 0 Å². The summed E-state index contributed by atoms with van der Waals surface area (Å²) in [4.78, 5) is 42.1. The molecule has 2 aliphatic rings. The second-order valence-corrected chi connectivity index (χ2v) is 12.7. The van der Waals surface area contributed by atoms with Crippen molar-refractivity contribution in [3.05, 3.63) is 94.5 Å². The number of likely N-dealkylation sites (tertiary alicyclic amines) is 1. The summed E-state index contributed by atoms with van der Waals surface area (Å²) in [5.74, 6) is -0.609. The van der Waals surface area contributed by atoms with Gasteiger partial charge in [0.25, 0.3) is 5.91 Å². The van der Waals surface area contributed by atoms with Gasteiger partial charge in [-0.1, -0.05) is 80.8 Å². The first-order valence-electron chi connectivity index (χ1n) is 14.8. The highest BCUT2D eigenvalue weighted by Crippen LogP contribution is 2.43. The van der Waals surface area contributed by atoms with E-state index in [1.165, 1.54) is 12.7 Å². The first kappa shape index (κ1) is 29.8. The average Bonchev–Trinajstić information content (AvgIpc) is 3.01. The molecule has 2 amide bonds. The Morgan fingerprint density at radius 1 is 0.881 bits per heavy atom. The van der Waals surface area contributed by atoms with Crippen LogP contribution in [0.5, 0.6) is 0 Å². The lowest BCUT2D eigenvalue weighted by molar-refractivity contribution is -0.141. The van der Waals surface area contributed by atoms with E-state index in [-0.39, 0.29) is 29.2 Å². The minimum atomic E-state index is -0.503. The number of nitrogens with one attached hydrogen (secondary N) is 1. The third-order valence-electron chi connectivity index (χ3n) is 8.94. The normalized spacial score (nSPS) is 21.8. The Labute approximate surface area is 253 Å². The topological polar surface area (TPSA) is 75.7 Å². The monoisotopic (exact) mass is 586 g/mol. The number of methoxy groups -OCH3 is 1. The number of amides is 2. The molecule has 1 N–H and O–H groups in total. The van der Waals surface area contributed by atoms with E-state index in [0.29, 0.717) is 30.1 Å². The molecule has 3 aromatic carbocycles. The van der Waals surface area contributed by atoms with Gasteiger partial charge in [0.1, 0.15) is 0 Å². The van der Waals surface area contributed by atoms with Crippen LogP contribution in [0.3, 0.4) is 0 Å². The molecule has 3 atom stereocenters. The Kier molecular flexibility index (Phi) is 9.02. The maximum absolute atomic E-state index is 14.0. The molecule has 1 heterocycles. The van der Waals surface area contributed by atoms with Gasteiger partial charge in [0, 0.05) is 29.7 Å². The predicted octanol–water partition coefficient (Wildman–Crippen LogP) is 7.12. The second kappa shape index (κ2) is 12.7. The van der Waals surface area contributed by atoms with Crippen molar-refractivity contribution in [2.45, 2.75) is 57.9 Å². The molecule has 6 nitrogen and oxygen atoms in total. The quantitative estimate of drug-likeness (QED) is 0.312. The first-order chi connectivity index (χ1) is 20.2. The molecule has 0 radical (unpaired) electrons. The predicted molar refractivity (Wildman–Crippen MR) is 166 cm³/mol. The summed E-state index contributed by atoms with van der Waals surface area (Å²) in [5.41, 5.74) is 3.49. The van der Waals surface area contributed by atoms with E-state index in [4.69, 9.17) is 16.3 Å². The highest BCUT2D eigenvalue weighted by atomic mass is 35.5. The van der Waals surface area contributed by atoms with E-state index in [0.717, 1.165) is 48.3 Å². The SMILES string of the molecule is COC(=O)c1cc(C(=O)N[C@@H]2CCCC[C@@H]2C(=O)N2CCC(c3ccc(Cl)cc3)C(C)(C)C2)cc(-c2ccccc2)c1. The molecule has 0 spiro atoms. The van der Waals surface area contributed by atoms with E-state index < -0.39 is 5.97 Å². The lowest BCUT2D eigenvalue weighted by Crippen LogP contribution is -2.54. The fourth-order valence-electron chi connectivity index (χ4n) is 6.73. The summed E-state index contributed by atoms with van der Waals surface area (Å²) >= 11 is 6.12. The lowest BCUT2D eigenvalue weighted by atomic mass is 9.70. The zero-order chi connectivity index (χ0) is 29.9. The van der Waals surface area contributed by atoms with Crippen molar-refractivity contribution in [2.24, 2.45) is 11.3 Å². The number of carbonyl (C=O) groups is 3. The molecule has 3 aromatic rings. The number of esters is 1. The van der Waals surface area contributed by atoms with Crippen LogP contribution in [0.1, 0.15) is 78.1 Å². The van der Waals surface area contributed by atoms with Crippen LogP contribution in [-0.2, 0) is 9.53 Å². The van der Waals surface area contributed by atoms with Gasteiger partial charge in [-0.25, -0.2) is 4.79 Å². The molecular formula is C35H39ClN2O4. The van der Waals surface area contributed by atoms with Crippen molar-refractivity contribution < 1.29 is 19.1 Å². The molecule has 2 fully saturated rings. The highest BCUT2D eigenvalue weighted by Gasteiger charge is 2.42. The van der Waals surface area contributed by atoms with Crippen molar-refractivity contribution in [3.8, 4) is 11.1 Å². The number of ether oxygens (including phenoxy) is 1. The average molecular weight is 587 g/mol. The number of halogens is 1. The number of nitrogens with zero attached hydrogens (tertiary/aromatic N) is 1. The van der Waals surface area contributed by atoms with Gasteiger partial charge in [-0.05, 0) is 77.6 Å². The first-order valence-corrected chi connectivity index (χ1v) is 15.2. The molecule has 7 heteroatoms. The minimum Gasteiger partial charge on any atom is -0.465 e. The minimum absolute atomic E-state index is 0.0999. The zero-order valence-corrected chi connectivity index (χ0v) is 25.3. The van der Waals surface area contributed by atoms with Crippen LogP contribution in [0.15, 0.2) is 72.8 Å². The van der Waals surface area contributed by atoms with Gasteiger partial charge >= 0.3 is 5.97 Å². The van der Waals surface area contributed by atoms with Crippen molar-refractivity contribution in [3.63, 3.8) is 0 Å². The summed E-state index contributed by atoms with van der Waals surface area (Å²) in [6, 6.07) is 22.5. The van der Waals surface area contributed by atoms with E-state index in [2.05, 4.69) is 31.3 Å². The van der Waals surface area contributed by atoms with Crippen LogP contribution >= 0.6 is 11.6 Å². The van der Waals surface area contributed by atoms with Crippen LogP contribution in [-0.4, -0.2) is 48.9 Å². The fourth-order valence-corrected chi connectivity index (χ4v) is 6.86. The van der Waals surface area contributed by atoms with E-state index in [1.807, 2.05) is 47.4 Å². The van der Waals surface area contributed by atoms with Crippen molar-refractivity contribution >= 4 is 29.4 Å². The fraction of sp³-hybridized carbons (Fsp3) is 0.400. The van der Waals surface area contributed by atoms with Crippen molar-refractivity contribution in [1.82, 2.24) is 10.2 Å². The van der Waals surface area contributed by atoms with Gasteiger partial charge in [-0.3, -0.25) is 9.59 Å². The number of benzene rings is 3. The summed E-state index contributed by atoms with van der Waals surface area (Å²) in [6.45, 7) is 5.81. The van der Waals surface area contributed by atoms with Gasteiger partial charge in [0.05, 0.1) is 18.6 Å². The molecule has 1 saturated carbocycles. The van der Waals surface area contributed by atoms with Gasteiger partial charge < -0.3 is 15.0 Å². The van der Waals surface area contributed by atoms with Crippen molar-refractivity contribution in [1.29, 1.82) is 0 Å². The summed E-state index contributed by atoms with van der Waals surface area (Å²) < 4.78 is 4.96. The van der Waals surface area contributed by atoms with Crippen molar-refractivity contribution in [2.75, 3.05) is 20.2 Å². The molecule has 1 aliphatic carbocycles. The van der Waals surface area contributed by atoms with E-state index >= 15 is 0 Å². The van der Waals surface area contributed by atoms with Gasteiger partial charge in [0.2, 0.25) is 5.91 Å². The largest absolute Gasteiger partial charge is 0.465 e. The van der Waals surface area contributed by atoms with E-state index in [9.17, 15) is 14.4 Å². The molecule has 1 aliphatic heterocycles. The third kappa shape index (κ3) is 6.54.